The molecular weight excluding hydrogens is 344 g/mol. The predicted octanol–water partition coefficient (Wildman–Crippen LogP) is 3.20. The number of carbonyl (C=O) groups excluding carboxylic acids is 1. The van der Waals surface area contributed by atoms with Crippen LogP contribution < -0.4 is 5.32 Å². The number of para-hydroxylation sites is 1. The van der Waals surface area contributed by atoms with Crippen molar-refractivity contribution < 1.29 is 19.7 Å². The summed E-state index contributed by atoms with van der Waals surface area (Å²) < 4.78 is 5.11. The van der Waals surface area contributed by atoms with Gasteiger partial charge in [-0.2, -0.15) is 0 Å². The lowest BCUT2D eigenvalue weighted by Gasteiger charge is -2.21. The highest BCUT2D eigenvalue weighted by atomic mass is 35.5. The second kappa shape index (κ2) is 7.99. The average Bonchev–Trinajstić information content (AvgIpc) is 2.51. The van der Waals surface area contributed by atoms with Gasteiger partial charge in [0, 0.05) is 17.5 Å². The molecule has 2 rings (SSSR count). The van der Waals surface area contributed by atoms with E-state index in [0.29, 0.717) is 11.1 Å². The van der Waals surface area contributed by atoms with Gasteiger partial charge in [-0.15, -0.1) is 0 Å². The molecule has 2 aromatic rings. The lowest BCUT2D eigenvalue weighted by atomic mass is 10.0. The molecule has 0 fully saturated rings. The molecule has 25 heavy (non-hydrogen) atoms. The highest BCUT2D eigenvalue weighted by Gasteiger charge is 2.23. The predicted molar refractivity (Wildman–Crippen MR) is 96.6 cm³/mol. The first-order valence-corrected chi connectivity index (χ1v) is 8.43. The van der Waals surface area contributed by atoms with Gasteiger partial charge in [-0.05, 0) is 39.3 Å². The number of carbonyl (C=O) groups is 1. The Morgan fingerprint density at radius 3 is 2.68 bits per heavy atom. The third-order valence-corrected chi connectivity index (χ3v) is 3.80. The van der Waals surface area contributed by atoms with E-state index in [1.54, 1.807) is 26.8 Å². The first-order valence-electron chi connectivity index (χ1n) is 8.05. The van der Waals surface area contributed by atoms with E-state index in [0.717, 1.165) is 5.39 Å². The fourth-order valence-corrected chi connectivity index (χ4v) is 2.58. The maximum atomic E-state index is 11.6. The number of pyridine rings is 1. The number of fused-ring (bicyclic) bond motifs is 1. The SMILES string of the molecule is CC(C)(C)OC(=O)NCCC(O)C(O)c1cc2ccccc2nc1Cl. The molecule has 2 unspecified atom stereocenters. The molecule has 1 heterocycles. The number of benzene rings is 1. The maximum Gasteiger partial charge on any atom is 0.407 e. The molecule has 0 bridgehead atoms. The van der Waals surface area contributed by atoms with Crippen molar-refractivity contribution in [2.75, 3.05) is 6.54 Å². The molecule has 6 nitrogen and oxygen atoms in total. The van der Waals surface area contributed by atoms with Crippen molar-refractivity contribution in [1.29, 1.82) is 0 Å². The number of aliphatic hydroxyl groups excluding tert-OH is 2. The van der Waals surface area contributed by atoms with Gasteiger partial charge in [0.05, 0.1) is 11.6 Å². The average molecular weight is 367 g/mol. The third kappa shape index (κ3) is 5.56. The third-order valence-electron chi connectivity index (χ3n) is 3.50. The van der Waals surface area contributed by atoms with Gasteiger partial charge in [-0.1, -0.05) is 29.8 Å². The first-order chi connectivity index (χ1) is 11.7. The zero-order chi connectivity index (χ0) is 18.6. The minimum absolute atomic E-state index is 0.142. The molecule has 7 heteroatoms. The fourth-order valence-electron chi connectivity index (χ4n) is 2.32. The van der Waals surface area contributed by atoms with E-state index < -0.39 is 23.9 Å². The van der Waals surface area contributed by atoms with Gasteiger partial charge >= 0.3 is 6.09 Å². The summed E-state index contributed by atoms with van der Waals surface area (Å²) in [7, 11) is 0. The van der Waals surface area contributed by atoms with Crippen LogP contribution in [0.1, 0.15) is 38.9 Å². The summed E-state index contributed by atoms with van der Waals surface area (Å²) in [6.45, 7) is 5.45. The van der Waals surface area contributed by atoms with Crippen LogP contribution >= 0.6 is 11.6 Å². The Morgan fingerprint density at radius 2 is 2.00 bits per heavy atom. The molecule has 0 aliphatic carbocycles. The van der Waals surface area contributed by atoms with E-state index in [-0.39, 0.29) is 18.1 Å². The molecule has 2 atom stereocenters. The number of hydrogen-bond donors (Lipinski definition) is 3. The van der Waals surface area contributed by atoms with E-state index in [1.807, 2.05) is 24.3 Å². The van der Waals surface area contributed by atoms with Crippen molar-refractivity contribution in [3.8, 4) is 0 Å². The zero-order valence-electron chi connectivity index (χ0n) is 14.5. The van der Waals surface area contributed by atoms with E-state index in [9.17, 15) is 15.0 Å². The number of amides is 1. The number of aromatic nitrogens is 1. The number of aliphatic hydroxyl groups is 2. The zero-order valence-corrected chi connectivity index (χ0v) is 15.2. The van der Waals surface area contributed by atoms with Crippen LogP contribution in [0.25, 0.3) is 10.9 Å². The van der Waals surface area contributed by atoms with Crippen molar-refractivity contribution in [1.82, 2.24) is 10.3 Å². The summed E-state index contributed by atoms with van der Waals surface area (Å²) >= 11 is 6.13. The minimum Gasteiger partial charge on any atom is -0.444 e. The number of nitrogens with one attached hydrogen (secondary N) is 1. The van der Waals surface area contributed by atoms with Crippen LogP contribution in [0.15, 0.2) is 30.3 Å². The Hall–Kier alpha value is -1.89. The summed E-state index contributed by atoms with van der Waals surface area (Å²) in [5.74, 6) is 0. The summed E-state index contributed by atoms with van der Waals surface area (Å²) in [5.41, 5.74) is 0.474. The quantitative estimate of drug-likeness (QED) is 0.707. The summed E-state index contributed by atoms with van der Waals surface area (Å²) in [5, 5.41) is 24.1. The number of alkyl carbamates (subject to hydrolysis) is 1. The molecule has 1 aromatic carbocycles. The fraction of sp³-hybridized carbons (Fsp3) is 0.444. The van der Waals surface area contributed by atoms with E-state index in [4.69, 9.17) is 16.3 Å². The Balaban J connectivity index is 1.97. The summed E-state index contributed by atoms with van der Waals surface area (Å²) in [4.78, 5) is 15.8. The first kappa shape index (κ1) is 19.4. The normalized spacial score (nSPS) is 14.2. The van der Waals surface area contributed by atoms with Crippen molar-refractivity contribution in [2.45, 2.75) is 45.0 Å². The molecule has 0 radical (unpaired) electrons. The van der Waals surface area contributed by atoms with Crippen molar-refractivity contribution in [3.05, 3.63) is 41.0 Å². The molecule has 0 saturated carbocycles. The minimum atomic E-state index is -1.20. The number of rotatable bonds is 5. The number of halogens is 1. The molecule has 0 spiro atoms. The Labute approximate surface area is 151 Å². The lowest BCUT2D eigenvalue weighted by Crippen LogP contribution is -2.34. The Morgan fingerprint density at radius 1 is 1.32 bits per heavy atom. The van der Waals surface area contributed by atoms with Gasteiger partial charge in [0.1, 0.15) is 16.9 Å². The van der Waals surface area contributed by atoms with Gasteiger partial charge in [-0.25, -0.2) is 9.78 Å². The van der Waals surface area contributed by atoms with Crippen LogP contribution in [-0.4, -0.2) is 39.5 Å². The van der Waals surface area contributed by atoms with Gasteiger partial charge in [0.15, 0.2) is 0 Å². The van der Waals surface area contributed by atoms with Crippen molar-refractivity contribution in [2.24, 2.45) is 0 Å². The standard InChI is InChI=1S/C18H23ClN2O4/c1-18(2,3)25-17(24)20-9-8-14(22)15(23)12-10-11-6-4-5-7-13(11)21-16(12)19/h4-7,10,14-15,22-23H,8-9H2,1-3H3,(H,20,24). The van der Waals surface area contributed by atoms with E-state index >= 15 is 0 Å². The number of nitrogens with zero attached hydrogens (tertiary/aromatic N) is 1. The highest BCUT2D eigenvalue weighted by molar-refractivity contribution is 6.30. The molecule has 1 amide bonds. The molecular formula is C18H23ClN2O4. The van der Waals surface area contributed by atoms with Crippen LogP contribution in [0.3, 0.4) is 0 Å². The smallest absolute Gasteiger partial charge is 0.407 e. The second-order valence-corrected chi connectivity index (χ2v) is 7.15. The monoisotopic (exact) mass is 366 g/mol. The maximum absolute atomic E-state index is 11.6. The molecule has 0 saturated heterocycles. The van der Waals surface area contributed by atoms with Gasteiger partial charge in [0.25, 0.3) is 0 Å². The largest absolute Gasteiger partial charge is 0.444 e. The van der Waals surface area contributed by atoms with Crippen LogP contribution in [-0.2, 0) is 4.74 Å². The van der Waals surface area contributed by atoms with Crippen LogP contribution in [0.4, 0.5) is 4.79 Å². The lowest BCUT2D eigenvalue weighted by molar-refractivity contribution is 0.0122. The van der Waals surface area contributed by atoms with Crippen molar-refractivity contribution in [3.63, 3.8) is 0 Å². The van der Waals surface area contributed by atoms with Crippen LogP contribution in [0.5, 0.6) is 0 Å². The molecule has 136 valence electrons. The number of hydrogen-bond acceptors (Lipinski definition) is 5. The Kier molecular flexibility index (Phi) is 6.21. The highest BCUT2D eigenvalue weighted by Crippen LogP contribution is 2.28. The molecule has 3 N–H and O–H groups in total. The second-order valence-electron chi connectivity index (χ2n) is 6.79. The summed E-state index contributed by atoms with van der Waals surface area (Å²) in [6.07, 6.45) is -2.73. The topological polar surface area (TPSA) is 91.7 Å². The van der Waals surface area contributed by atoms with Gasteiger partial charge in [0.2, 0.25) is 0 Å². The van der Waals surface area contributed by atoms with Crippen LogP contribution in [0, 0.1) is 0 Å². The number of ether oxygens (including phenoxy) is 1. The van der Waals surface area contributed by atoms with Gasteiger partial charge in [-0.3, -0.25) is 0 Å². The van der Waals surface area contributed by atoms with E-state index in [1.165, 1.54) is 0 Å². The van der Waals surface area contributed by atoms with Crippen LogP contribution in [0.2, 0.25) is 5.15 Å². The van der Waals surface area contributed by atoms with E-state index in [2.05, 4.69) is 10.3 Å². The molecule has 1 aromatic heterocycles. The van der Waals surface area contributed by atoms with Gasteiger partial charge < -0.3 is 20.3 Å². The Bertz CT molecular complexity index is 745. The molecule has 0 aliphatic heterocycles. The van der Waals surface area contributed by atoms with Crippen molar-refractivity contribution >= 4 is 28.6 Å². The summed E-state index contributed by atoms with van der Waals surface area (Å²) in [6, 6.07) is 9.08. The molecule has 0 aliphatic rings.